The van der Waals surface area contributed by atoms with E-state index in [2.05, 4.69) is 5.32 Å². The molecule has 0 aliphatic rings. The average molecular weight is 294 g/mol. The first-order valence-electron chi connectivity index (χ1n) is 7.24. The summed E-state index contributed by atoms with van der Waals surface area (Å²) in [5, 5.41) is 12.1. The summed E-state index contributed by atoms with van der Waals surface area (Å²) in [6.07, 6.45) is 0.492. The summed E-state index contributed by atoms with van der Waals surface area (Å²) in [6, 6.07) is 5.01. The Balaban J connectivity index is 3.02. The van der Waals surface area contributed by atoms with E-state index in [4.69, 9.17) is 10.5 Å². The summed E-state index contributed by atoms with van der Waals surface area (Å²) in [4.78, 5) is 12.5. The fraction of sp³-hybridized carbons (Fsp3) is 0.562. The topological polar surface area (TPSA) is 84.6 Å². The van der Waals surface area contributed by atoms with Crippen LogP contribution < -0.4 is 15.8 Å². The summed E-state index contributed by atoms with van der Waals surface area (Å²) in [5.74, 6) is 0.205. The number of ether oxygens (including phenoxy) is 1. The molecule has 5 heteroatoms. The molecule has 0 radical (unpaired) electrons. The zero-order valence-corrected chi connectivity index (χ0v) is 13.3. The summed E-state index contributed by atoms with van der Waals surface area (Å²) < 4.78 is 5.48. The molecule has 5 nitrogen and oxygen atoms in total. The van der Waals surface area contributed by atoms with Crippen LogP contribution in [-0.4, -0.2) is 30.3 Å². The molecule has 1 amide bonds. The van der Waals surface area contributed by atoms with Gasteiger partial charge in [-0.15, -0.1) is 0 Å². The molecule has 1 rings (SSSR count). The van der Waals surface area contributed by atoms with Crippen LogP contribution in [0.1, 0.15) is 44.5 Å². The fourth-order valence-electron chi connectivity index (χ4n) is 2.15. The highest BCUT2D eigenvalue weighted by Gasteiger charge is 2.27. The largest absolute Gasteiger partial charge is 0.493 e. The van der Waals surface area contributed by atoms with Crippen molar-refractivity contribution in [3.05, 3.63) is 23.8 Å². The van der Waals surface area contributed by atoms with Gasteiger partial charge in [-0.2, -0.15) is 0 Å². The maximum absolute atomic E-state index is 12.5. The molecule has 1 unspecified atom stereocenters. The molecule has 0 bridgehead atoms. The van der Waals surface area contributed by atoms with Gasteiger partial charge in [0.05, 0.1) is 6.61 Å². The summed E-state index contributed by atoms with van der Waals surface area (Å²) in [5.41, 5.74) is 6.50. The first kappa shape index (κ1) is 17.3. The van der Waals surface area contributed by atoms with Gasteiger partial charge in [0.2, 0.25) is 0 Å². The third-order valence-corrected chi connectivity index (χ3v) is 3.35. The van der Waals surface area contributed by atoms with Gasteiger partial charge in [0.25, 0.3) is 5.91 Å². The molecule has 1 aromatic carbocycles. The number of hydrogen-bond donors (Lipinski definition) is 3. The second-order valence-corrected chi connectivity index (χ2v) is 6.06. The maximum Gasteiger partial charge on any atom is 0.257 e. The van der Waals surface area contributed by atoms with Crippen LogP contribution in [0.15, 0.2) is 18.2 Å². The van der Waals surface area contributed by atoms with Crippen molar-refractivity contribution in [2.75, 3.05) is 18.9 Å². The van der Waals surface area contributed by atoms with E-state index in [1.165, 1.54) is 0 Å². The smallest absolute Gasteiger partial charge is 0.257 e. The van der Waals surface area contributed by atoms with Crippen molar-refractivity contribution in [1.82, 2.24) is 5.32 Å². The maximum atomic E-state index is 12.5. The number of anilines is 1. The average Bonchev–Trinajstić information content (AvgIpc) is 2.37. The third-order valence-electron chi connectivity index (χ3n) is 3.35. The van der Waals surface area contributed by atoms with Crippen LogP contribution in [0.3, 0.4) is 0 Å². The van der Waals surface area contributed by atoms with E-state index in [1.807, 2.05) is 27.7 Å². The van der Waals surface area contributed by atoms with Crippen LogP contribution in [0.5, 0.6) is 5.75 Å². The van der Waals surface area contributed by atoms with Gasteiger partial charge in [-0.05, 0) is 30.9 Å². The molecule has 21 heavy (non-hydrogen) atoms. The summed E-state index contributed by atoms with van der Waals surface area (Å²) in [7, 11) is 0. The lowest BCUT2D eigenvalue weighted by Crippen LogP contribution is -2.44. The van der Waals surface area contributed by atoms with Gasteiger partial charge in [0, 0.05) is 18.3 Å². The van der Waals surface area contributed by atoms with E-state index in [0.29, 0.717) is 30.0 Å². The number of amides is 1. The number of benzene rings is 1. The normalized spacial score (nSPS) is 12.8. The van der Waals surface area contributed by atoms with Crippen molar-refractivity contribution >= 4 is 11.6 Å². The minimum absolute atomic E-state index is 0.0187. The Labute approximate surface area is 126 Å². The van der Waals surface area contributed by atoms with Gasteiger partial charge in [-0.25, -0.2) is 0 Å². The molecule has 0 aromatic heterocycles. The second kappa shape index (κ2) is 7.31. The SMILES string of the molecule is CCOc1cccc(N)c1C(=O)NC(CCO)C(C)(C)C. The molecule has 0 fully saturated rings. The highest BCUT2D eigenvalue weighted by atomic mass is 16.5. The molecule has 0 saturated carbocycles. The molecule has 1 aromatic rings. The first-order chi connectivity index (χ1) is 9.81. The number of rotatable bonds is 6. The van der Waals surface area contributed by atoms with Crippen LogP contribution in [0.25, 0.3) is 0 Å². The van der Waals surface area contributed by atoms with E-state index >= 15 is 0 Å². The van der Waals surface area contributed by atoms with Crippen LogP contribution >= 0.6 is 0 Å². The Hall–Kier alpha value is -1.75. The van der Waals surface area contributed by atoms with Crippen molar-refractivity contribution in [3.8, 4) is 5.75 Å². The number of hydrogen-bond acceptors (Lipinski definition) is 4. The van der Waals surface area contributed by atoms with Crippen LogP contribution in [0.4, 0.5) is 5.69 Å². The van der Waals surface area contributed by atoms with Gasteiger partial charge >= 0.3 is 0 Å². The van der Waals surface area contributed by atoms with Gasteiger partial charge < -0.3 is 20.9 Å². The minimum Gasteiger partial charge on any atom is -0.493 e. The van der Waals surface area contributed by atoms with E-state index in [1.54, 1.807) is 18.2 Å². The van der Waals surface area contributed by atoms with Crippen LogP contribution in [-0.2, 0) is 0 Å². The Bertz CT molecular complexity index is 481. The van der Waals surface area contributed by atoms with Crippen LogP contribution in [0.2, 0.25) is 0 Å². The van der Waals surface area contributed by atoms with E-state index in [9.17, 15) is 9.90 Å². The third kappa shape index (κ3) is 4.63. The Morgan fingerprint density at radius 1 is 1.43 bits per heavy atom. The van der Waals surface area contributed by atoms with E-state index < -0.39 is 0 Å². The summed E-state index contributed by atoms with van der Waals surface area (Å²) in [6.45, 7) is 8.39. The number of carbonyl (C=O) groups excluding carboxylic acids is 1. The molecule has 4 N–H and O–H groups in total. The van der Waals surface area contributed by atoms with Gasteiger partial charge in [0.1, 0.15) is 11.3 Å². The van der Waals surface area contributed by atoms with Gasteiger partial charge in [0.15, 0.2) is 0 Å². The lowest BCUT2D eigenvalue weighted by molar-refractivity contribution is 0.0882. The molecule has 0 saturated heterocycles. The molecule has 0 heterocycles. The Morgan fingerprint density at radius 3 is 2.62 bits per heavy atom. The minimum atomic E-state index is -0.273. The predicted molar refractivity (Wildman–Crippen MR) is 84.4 cm³/mol. The second-order valence-electron chi connectivity index (χ2n) is 6.06. The number of aliphatic hydroxyl groups excluding tert-OH is 1. The highest BCUT2D eigenvalue weighted by Crippen LogP contribution is 2.27. The van der Waals surface area contributed by atoms with Crippen molar-refractivity contribution in [1.29, 1.82) is 0 Å². The van der Waals surface area contributed by atoms with Crippen molar-refractivity contribution < 1.29 is 14.6 Å². The lowest BCUT2D eigenvalue weighted by atomic mass is 9.84. The number of nitrogen functional groups attached to an aromatic ring is 1. The van der Waals surface area contributed by atoms with E-state index in [0.717, 1.165) is 0 Å². The molecule has 0 spiro atoms. The zero-order valence-electron chi connectivity index (χ0n) is 13.3. The molecule has 0 aliphatic carbocycles. The number of nitrogens with two attached hydrogens (primary N) is 1. The zero-order chi connectivity index (χ0) is 16.0. The number of aliphatic hydroxyl groups is 1. The van der Waals surface area contributed by atoms with Crippen molar-refractivity contribution in [2.45, 2.75) is 40.2 Å². The first-order valence-corrected chi connectivity index (χ1v) is 7.24. The van der Waals surface area contributed by atoms with Crippen LogP contribution in [0, 0.1) is 5.41 Å². The predicted octanol–water partition coefficient (Wildman–Crippen LogP) is 2.19. The van der Waals surface area contributed by atoms with Crippen molar-refractivity contribution in [2.24, 2.45) is 5.41 Å². The van der Waals surface area contributed by atoms with Gasteiger partial charge in [-0.3, -0.25) is 4.79 Å². The van der Waals surface area contributed by atoms with Gasteiger partial charge in [-0.1, -0.05) is 26.8 Å². The highest BCUT2D eigenvalue weighted by molar-refractivity contribution is 6.02. The molecule has 118 valence electrons. The standard InChI is InChI=1S/C16H26N2O3/c1-5-21-12-8-6-7-11(17)14(12)15(20)18-13(9-10-19)16(2,3)4/h6-8,13,19H,5,9-10,17H2,1-4H3,(H,18,20). The quantitative estimate of drug-likeness (QED) is 0.702. The molecular weight excluding hydrogens is 268 g/mol. The number of nitrogens with one attached hydrogen (secondary N) is 1. The van der Waals surface area contributed by atoms with E-state index in [-0.39, 0.29) is 24.0 Å². The molecular formula is C16H26N2O3. The molecule has 0 aliphatic heterocycles. The number of carbonyl (C=O) groups is 1. The monoisotopic (exact) mass is 294 g/mol. The molecule has 1 atom stereocenters. The fourth-order valence-corrected chi connectivity index (χ4v) is 2.15. The Kier molecular flexibility index (Phi) is 6.03. The summed E-state index contributed by atoms with van der Waals surface area (Å²) >= 11 is 0. The Morgan fingerprint density at radius 2 is 2.10 bits per heavy atom. The van der Waals surface area contributed by atoms with Crippen molar-refractivity contribution in [3.63, 3.8) is 0 Å². The lowest BCUT2D eigenvalue weighted by Gasteiger charge is -2.31.